The van der Waals surface area contributed by atoms with E-state index < -0.39 is 24.5 Å². The zero-order valence-electron chi connectivity index (χ0n) is 16.1. The lowest BCUT2D eigenvalue weighted by atomic mass is 10.0. The summed E-state index contributed by atoms with van der Waals surface area (Å²) in [5.74, 6) is 0.586. The molecule has 3 aromatic rings. The van der Waals surface area contributed by atoms with Gasteiger partial charge in [0.25, 0.3) is 0 Å². The number of aliphatic hydroxyl groups is 3. The van der Waals surface area contributed by atoms with Crippen LogP contribution in [-0.4, -0.2) is 59.8 Å². The summed E-state index contributed by atoms with van der Waals surface area (Å²) in [6, 6.07) is 10.2. The number of aliphatic hydroxyl groups excluding tert-OH is 3. The van der Waals surface area contributed by atoms with E-state index in [1.807, 2.05) is 18.2 Å². The third-order valence-corrected chi connectivity index (χ3v) is 5.24. The van der Waals surface area contributed by atoms with Crippen molar-refractivity contribution >= 4 is 17.0 Å². The zero-order chi connectivity index (χ0) is 20.4. The van der Waals surface area contributed by atoms with Crippen LogP contribution in [0.4, 0.5) is 5.82 Å². The summed E-state index contributed by atoms with van der Waals surface area (Å²) in [6.45, 7) is 1.74. The lowest BCUT2D eigenvalue weighted by Crippen LogP contribution is -2.33. The Hall–Kier alpha value is -2.59. The predicted molar refractivity (Wildman–Crippen MR) is 106 cm³/mol. The van der Waals surface area contributed by atoms with Gasteiger partial charge in [0.05, 0.1) is 19.0 Å². The molecule has 1 unspecified atom stereocenters. The van der Waals surface area contributed by atoms with E-state index in [4.69, 9.17) is 4.74 Å². The summed E-state index contributed by atoms with van der Waals surface area (Å²) in [5, 5.41) is 33.2. The minimum absolute atomic E-state index is 0.0679. The molecule has 2 aromatic heterocycles. The fraction of sp³-hybridized carbons (Fsp3) is 0.450. The second-order valence-electron chi connectivity index (χ2n) is 7.17. The van der Waals surface area contributed by atoms with E-state index in [2.05, 4.69) is 39.3 Å². The van der Waals surface area contributed by atoms with Gasteiger partial charge in [-0.1, -0.05) is 43.7 Å². The monoisotopic (exact) mass is 399 g/mol. The van der Waals surface area contributed by atoms with Crippen LogP contribution >= 0.6 is 0 Å². The second-order valence-corrected chi connectivity index (χ2v) is 7.17. The third-order valence-electron chi connectivity index (χ3n) is 5.24. The fourth-order valence-corrected chi connectivity index (χ4v) is 3.71. The molecule has 4 rings (SSSR count). The number of hydrogen-bond donors (Lipinski definition) is 4. The molecule has 0 aliphatic carbocycles. The quantitative estimate of drug-likeness (QED) is 0.470. The van der Waals surface area contributed by atoms with Gasteiger partial charge in [-0.05, 0) is 12.0 Å². The maximum atomic E-state index is 10.3. The average molecular weight is 399 g/mol. The highest BCUT2D eigenvalue weighted by Gasteiger charge is 2.44. The lowest BCUT2D eigenvalue weighted by Gasteiger charge is -2.20. The van der Waals surface area contributed by atoms with E-state index in [-0.39, 0.29) is 12.6 Å². The predicted octanol–water partition coefficient (Wildman–Crippen LogP) is 1.39. The van der Waals surface area contributed by atoms with Gasteiger partial charge in [-0.25, -0.2) is 15.0 Å². The zero-order valence-corrected chi connectivity index (χ0v) is 16.1. The Morgan fingerprint density at radius 1 is 1.14 bits per heavy atom. The second kappa shape index (κ2) is 8.42. The highest BCUT2D eigenvalue weighted by atomic mass is 16.6. The van der Waals surface area contributed by atoms with Gasteiger partial charge in [-0.3, -0.25) is 4.57 Å². The summed E-state index contributed by atoms with van der Waals surface area (Å²) in [6.07, 6.45) is 0.708. The van der Waals surface area contributed by atoms with E-state index in [0.717, 1.165) is 18.4 Å². The molecule has 0 bridgehead atoms. The summed E-state index contributed by atoms with van der Waals surface area (Å²) in [5.41, 5.74) is 2.17. The molecule has 9 heteroatoms. The molecule has 0 amide bonds. The van der Waals surface area contributed by atoms with E-state index in [1.54, 1.807) is 4.57 Å². The first-order valence-corrected chi connectivity index (χ1v) is 9.75. The molecular formula is C20H25N5O4. The summed E-state index contributed by atoms with van der Waals surface area (Å²) < 4.78 is 7.17. The Morgan fingerprint density at radius 3 is 2.62 bits per heavy atom. The smallest absolute Gasteiger partial charge is 0.167 e. The van der Waals surface area contributed by atoms with Crippen molar-refractivity contribution in [2.45, 2.75) is 50.3 Å². The van der Waals surface area contributed by atoms with Gasteiger partial charge >= 0.3 is 0 Å². The van der Waals surface area contributed by atoms with Crippen molar-refractivity contribution in [2.75, 3.05) is 11.9 Å². The van der Waals surface area contributed by atoms with Crippen LogP contribution in [0.3, 0.4) is 0 Å². The highest BCUT2D eigenvalue weighted by Crippen LogP contribution is 2.33. The van der Waals surface area contributed by atoms with Crippen molar-refractivity contribution in [3.63, 3.8) is 0 Å². The fourth-order valence-electron chi connectivity index (χ4n) is 3.71. The Labute approximate surface area is 168 Å². The molecule has 154 valence electrons. The largest absolute Gasteiger partial charge is 0.394 e. The van der Waals surface area contributed by atoms with Crippen LogP contribution in [0.1, 0.15) is 37.6 Å². The number of nitrogens with one attached hydrogen (secondary N) is 1. The molecule has 1 aliphatic heterocycles. The number of hydrogen-bond acceptors (Lipinski definition) is 8. The number of rotatable bonds is 7. The van der Waals surface area contributed by atoms with Gasteiger partial charge in [0.15, 0.2) is 23.2 Å². The van der Waals surface area contributed by atoms with Crippen molar-refractivity contribution in [3.8, 4) is 0 Å². The number of ether oxygens (including phenoxy) is 1. The minimum atomic E-state index is -1.20. The molecule has 1 aliphatic rings. The van der Waals surface area contributed by atoms with E-state index in [0.29, 0.717) is 17.0 Å². The van der Waals surface area contributed by atoms with Gasteiger partial charge in [-0.15, -0.1) is 0 Å². The Morgan fingerprint density at radius 2 is 1.93 bits per heavy atom. The summed E-state index contributed by atoms with van der Waals surface area (Å²) >= 11 is 0. The van der Waals surface area contributed by atoms with E-state index >= 15 is 0 Å². The van der Waals surface area contributed by atoms with Gasteiger partial charge < -0.3 is 25.4 Å². The molecule has 1 saturated heterocycles. The number of imidazole rings is 1. The van der Waals surface area contributed by atoms with Crippen molar-refractivity contribution < 1.29 is 20.1 Å². The molecule has 1 aromatic carbocycles. The first-order valence-electron chi connectivity index (χ1n) is 9.75. The number of anilines is 1. The Bertz CT molecular complexity index is 950. The van der Waals surface area contributed by atoms with Gasteiger partial charge in [0, 0.05) is 0 Å². The number of nitrogens with zero attached hydrogens (tertiary/aromatic N) is 4. The van der Waals surface area contributed by atoms with Gasteiger partial charge in [-0.2, -0.15) is 0 Å². The molecule has 1 fully saturated rings. The van der Waals surface area contributed by atoms with E-state index in [9.17, 15) is 15.3 Å². The normalized spacial score (nSPS) is 25.4. The van der Waals surface area contributed by atoms with Crippen molar-refractivity contribution in [3.05, 3.63) is 48.5 Å². The van der Waals surface area contributed by atoms with Crippen LogP contribution < -0.4 is 5.32 Å². The van der Waals surface area contributed by atoms with Crippen LogP contribution in [0.25, 0.3) is 11.2 Å². The molecule has 29 heavy (non-hydrogen) atoms. The first kappa shape index (κ1) is 19.7. The number of aromatic nitrogens is 4. The molecular weight excluding hydrogens is 374 g/mol. The highest BCUT2D eigenvalue weighted by molar-refractivity contribution is 5.83. The lowest BCUT2D eigenvalue weighted by molar-refractivity contribution is -0.0511. The third kappa shape index (κ3) is 3.69. The molecule has 0 radical (unpaired) electrons. The standard InChI is InChI=1S/C20H25N5O4/c1-2-6-13(12-7-4-3-5-8-12)24-18-15-19(22-10-21-18)25(11-23-15)20-17(28)16(27)14(9-26)29-20/h3-5,7-8,10-11,13-14,16-17,20,26-28H,2,6,9H2,1H3,(H,21,22,24)/t13-,14+,16?,17-,20+/m0/s1. The maximum absolute atomic E-state index is 10.3. The topological polar surface area (TPSA) is 126 Å². The van der Waals surface area contributed by atoms with Gasteiger partial charge in [0.2, 0.25) is 0 Å². The molecule has 0 saturated carbocycles. The summed E-state index contributed by atoms with van der Waals surface area (Å²) in [7, 11) is 0. The van der Waals surface area contributed by atoms with Crippen LogP contribution in [0.2, 0.25) is 0 Å². The SMILES string of the molecule is CCC[C@H](Nc1ncnc2c1ncn2[C@@H]1O[C@H](CO)C(O)[C@@H]1O)c1ccccc1. The Balaban J connectivity index is 1.66. The molecule has 0 spiro atoms. The minimum Gasteiger partial charge on any atom is -0.394 e. The maximum Gasteiger partial charge on any atom is 0.167 e. The van der Waals surface area contributed by atoms with Gasteiger partial charge in [0.1, 0.15) is 24.6 Å². The Kier molecular flexibility index (Phi) is 5.72. The first-order chi connectivity index (χ1) is 14.1. The van der Waals surface area contributed by atoms with Crippen LogP contribution in [0, 0.1) is 0 Å². The number of fused-ring (bicyclic) bond motifs is 1. The molecule has 4 N–H and O–H groups in total. The number of benzene rings is 1. The van der Waals surface area contributed by atoms with Crippen LogP contribution in [0.15, 0.2) is 43.0 Å². The van der Waals surface area contributed by atoms with Crippen LogP contribution in [0.5, 0.6) is 0 Å². The molecule has 5 atom stereocenters. The van der Waals surface area contributed by atoms with E-state index in [1.165, 1.54) is 12.7 Å². The molecule has 3 heterocycles. The van der Waals surface area contributed by atoms with Crippen LogP contribution in [-0.2, 0) is 4.74 Å². The summed E-state index contributed by atoms with van der Waals surface area (Å²) in [4.78, 5) is 13.1. The average Bonchev–Trinajstić information content (AvgIpc) is 3.30. The van der Waals surface area contributed by atoms with Crippen molar-refractivity contribution in [1.82, 2.24) is 19.5 Å². The van der Waals surface area contributed by atoms with Crippen molar-refractivity contribution in [1.29, 1.82) is 0 Å². The molecule has 9 nitrogen and oxygen atoms in total. The van der Waals surface area contributed by atoms with Crippen molar-refractivity contribution in [2.24, 2.45) is 0 Å².